The SMILES string of the molecule is Fc1cc(N(c2ccc(-c3cccc4ccccc34)cc2)c2ccc3ccc4ccccc4c3c2)cc(-c2ccccc2)c1-c1ccccc1. The van der Waals surface area contributed by atoms with Crippen molar-refractivity contribution >= 4 is 49.4 Å². The lowest BCUT2D eigenvalue weighted by Gasteiger charge is -2.28. The van der Waals surface area contributed by atoms with E-state index in [-0.39, 0.29) is 5.82 Å². The largest absolute Gasteiger partial charge is 0.310 e. The minimum atomic E-state index is -0.267. The van der Waals surface area contributed by atoms with Gasteiger partial charge in [0.1, 0.15) is 5.82 Å². The molecule has 0 heterocycles. The van der Waals surface area contributed by atoms with Crippen molar-refractivity contribution in [3.05, 3.63) is 200 Å². The van der Waals surface area contributed by atoms with Crippen molar-refractivity contribution in [3.63, 3.8) is 0 Å². The van der Waals surface area contributed by atoms with Crippen molar-refractivity contribution in [2.45, 2.75) is 0 Å². The van der Waals surface area contributed by atoms with Crippen LogP contribution in [0.1, 0.15) is 0 Å². The van der Waals surface area contributed by atoms with Crippen LogP contribution in [0, 0.1) is 5.82 Å². The van der Waals surface area contributed by atoms with Crippen molar-refractivity contribution in [3.8, 4) is 33.4 Å². The smallest absolute Gasteiger partial charge is 0.133 e. The van der Waals surface area contributed by atoms with Crippen LogP contribution in [0.3, 0.4) is 0 Å². The Hall–Kier alpha value is -6.51. The van der Waals surface area contributed by atoms with Gasteiger partial charge in [-0.25, -0.2) is 4.39 Å². The Kier molecular flexibility index (Phi) is 7.40. The van der Waals surface area contributed by atoms with Crippen LogP contribution in [0.2, 0.25) is 0 Å². The maximum absolute atomic E-state index is 16.7. The molecule has 2 heteroatoms. The third-order valence-corrected chi connectivity index (χ3v) is 9.70. The first-order valence-corrected chi connectivity index (χ1v) is 17.0. The van der Waals surface area contributed by atoms with Crippen LogP contribution < -0.4 is 4.90 Å². The summed E-state index contributed by atoms with van der Waals surface area (Å²) in [5.74, 6) is -0.267. The van der Waals surface area contributed by atoms with Gasteiger partial charge >= 0.3 is 0 Å². The van der Waals surface area contributed by atoms with E-state index in [0.29, 0.717) is 5.56 Å². The van der Waals surface area contributed by atoms with E-state index in [1.54, 1.807) is 6.07 Å². The van der Waals surface area contributed by atoms with Crippen LogP contribution in [-0.4, -0.2) is 0 Å². The average Bonchev–Trinajstić information content (AvgIpc) is 3.18. The number of benzene rings is 9. The molecule has 0 unspecified atom stereocenters. The average molecular weight is 642 g/mol. The van der Waals surface area contributed by atoms with Gasteiger partial charge in [0.2, 0.25) is 0 Å². The first kappa shape index (κ1) is 29.6. The fourth-order valence-electron chi connectivity index (χ4n) is 7.31. The summed E-state index contributed by atoms with van der Waals surface area (Å²) >= 11 is 0. The standard InChI is InChI=1S/C48H32FN/c49-47-32-41(31-46(34-12-3-1-4-13-34)48(47)38-16-5-2-6-17-38)50(40-29-26-37-23-22-35-15-8-10-20-44(35)45(37)30-40)39-27-24-36(25-28-39)43-21-11-18-33-14-7-9-19-42(33)43/h1-32H. The highest BCUT2D eigenvalue weighted by molar-refractivity contribution is 6.09. The van der Waals surface area contributed by atoms with E-state index < -0.39 is 0 Å². The highest BCUT2D eigenvalue weighted by Crippen LogP contribution is 2.44. The van der Waals surface area contributed by atoms with E-state index in [0.717, 1.165) is 50.1 Å². The minimum absolute atomic E-state index is 0.267. The van der Waals surface area contributed by atoms with E-state index in [2.05, 4.69) is 144 Å². The monoisotopic (exact) mass is 641 g/mol. The predicted octanol–water partition coefficient (Wildman–Crippen LogP) is 13.8. The lowest BCUT2D eigenvalue weighted by atomic mass is 9.93. The first-order valence-electron chi connectivity index (χ1n) is 17.0. The van der Waals surface area contributed by atoms with Gasteiger partial charge in [0.25, 0.3) is 0 Å². The Balaban J connectivity index is 1.27. The molecule has 0 saturated carbocycles. The van der Waals surface area contributed by atoms with Crippen LogP contribution >= 0.6 is 0 Å². The van der Waals surface area contributed by atoms with Gasteiger partial charge in [-0.2, -0.15) is 0 Å². The summed E-state index contributed by atoms with van der Waals surface area (Å²) in [7, 11) is 0. The van der Waals surface area contributed by atoms with Gasteiger partial charge in [0.15, 0.2) is 0 Å². The number of nitrogens with zero attached hydrogens (tertiary/aromatic N) is 1. The molecule has 9 rings (SSSR count). The zero-order valence-corrected chi connectivity index (χ0v) is 27.3. The van der Waals surface area contributed by atoms with Gasteiger partial charge in [0.05, 0.1) is 0 Å². The van der Waals surface area contributed by atoms with Gasteiger partial charge in [-0.05, 0) is 96.5 Å². The molecule has 0 atom stereocenters. The molecule has 0 aliphatic carbocycles. The van der Waals surface area contributed by atoms with Gasteiger partial charge in [-0.3, -0.25) is 0 Å². The van der Waals surface area contributed by atoms with Crippen LogP contribution in [0.15, 0.2) is 194 Å². The fraction of sp³-hybridized carbons (Fsp3) is 0. The molecule has 1 nitrogen and oxygen atoms in total. The normalized spacial score (nSPS) is 11.3. The second-order valence-electron chi connectivity index (χ2n) is 12.7. The number of hydrogen-bond acceptors (Lipinski definition) is 1. The van der Waals surface area contributed by atoms with Crippen LogP contribution in [0.5, 0.6) is 0 Å². The third-order valence-electron chi connectivity index (χ3n) is 9.70. The molecule has 9 aromatic rings. The zero-order valence-electron chi connectivity index (χ0n) is 27.3. The van der Waals surface area contributed by atoms with Gasteiger partial charge in [-0.1, -0.05) is 158 Å². The second kappa shape index (κ2) is 12.5. The molecular formula is C48H32FN. The van der Waals surface area contributed by atoms with E-state index >= 15 is 4.39 Å². The Morgan fingerprint density at radius 2 is 0.860 bits per heavy atom. The molecular weight excluding hydrogens is 610 g/mol. The Morgan fingerprint density at radius 3 is 1.60 bits per heavy atom. The number of rotatable bonds is 6. The summed E-state index contributed by atoms with van der Waals surface area (Å²) in [6.45, 7) is 0. The van der Waals surface area contributed by atoms with Gasteiger partial charge in [0, 0.05) is 22.6 Å². The predicted molar refractivity (Wildman–Crippen MR) is 210 cm³/mol. The molecule has 50 heavy (non-hydrogen) atoms. The summed E-state index contributed by atoms with van der Waals surface area (Å²) in [6, 6.07) is 66.7. The molecule has 0 saturated heterocycles. The van der Waals surface area contributed by atoms with Crippen LogP contribution in [0.4, 0.5) is 21.5 Å². The molecule has 0 aliphatic rings. The summed E-state index contributed by atoms with van der Waals surface area (Å²) in [6.07, 6.45) is 0. The number of hydrogen-bond donors (Lipinski definition) is 0. The Morgan fingerprint density at radius 1 is 0.320 bits per heavy atom. The molecule has 0 aliphatic heterocycles. The van der Waals surface area contributed by atoms with Gasteiger partial charge in [-0.15, -0.1) is 0 Å². The van der Waals surface area contributed by atoms with Crippen molar-refractivity contribution in [2.24, 2.45) is 0 Å². The van der Waals surface area contributed by atoms with Gasteiger partial charge < -0.3 is 4.90 Å². The molecule has 0 bridgehead atoms. The van der Waals surface area contributed by atoms with E-state index in [1.807, 2.05) is 48.5 Å². The lowest BCUT2D eigenvalue weighted by molar-refractivity contribution is 0.632. The quantitative estimate of drug-likeness (QED) is 0.163. The molecule has 0 fully saturated rings. The molecule has 0 aromatic heterocycles. The topological polar surface area (TPSA) is 3.24 Å². The molecule has 9 aromatic carbocycles. The van der Waals surface area contributed by atoms with Crippen LogP contribution in [0.25, 0.3) is 65.7 Å². The Labute approximate surface area is 291 Å². The minimum Gasteiger partial charge on any atom is -0.310 e. The fourth-order valence-corrected chi connectivity index (χ4v) is 7.31. The number of halogens is 1. The zero-order chi connectivity index (χ0) is 33.4. The number of anilines is 3. The van der Waals surface area contributed by atoms with Crippen molar-refractivity contribution in [1.82, 2.24) is 0 Å². The molecule has 0 N–H and O–H groups in total. The summed E-state index contributed by atoms with van der Waals surface area (Å²) in [5.41, 5.74) is 8.21. The first-order chi connectivity index (χ1) is 24.7. The number of fused-ring (bicyclic) bond motifs is 4. The highest BCUT2D eigenvalue weighted by atomic mass is 19.1. The van der Waals surface area contributed by atoms with Crippen molar-refractivity contribution in [1.29, 1.82) is 0 Å². The summed E-state index contributed by atoms with van der Waals surface area (Å²) in [5, 5.41) is 7.12. The maximum Gasteiger partial charge on any atom is 0.133 e. The van der Waals surface area contributed by atoms with Crippen molar-refractivity contribution < 1.29 is 4.39 Å². The second-order valence-corrected chi connectivity index (χ2v) is 12.7. The van der Waals surface area contributed by atoms with Crippen molar-refractivity contribution in [2.75, 3.05) is 4.90 Å². The van der Waals surface area contributed by atoms with E-state index in [4.69, 9.17) is 0 Å². The molecule has 236 valence electrons. The molecule has 0 radical (unpaired) electrons. The highest BCUT2D eigenvalue weighted by Gasteiger charge is 2.21. The lowest BCUT2D eigenvalue weighted by Crippen LogP contribution is -2.11. The molecule has 0 spiro atoms. The summed E-state index contributed by atoms with van der Waals surface area (Å²) < 4.78 is 16.7. The Bertz CT molecular complexity index is 2640. The van der Waals surface area contributed by atoms with Crippen LogP contribution in [-0.2, 0) is 0 Å². The van der Waals surface area contributed by atoms with E-state index in [9.17, 15) is 0 Å². The molecule has 0 amide bonds. The maximum atomic E-state index is 16.7. The third kappa shape index (κ3) is 5.28. The van der Waals surface area contributed by atoms with E-state index in [1.165, 1.54) is 27.1 Å². The summed E-state index contributed by atoms with van der Waals surface area (Å²) in [4.78, 5) is 2.18.